The minimum Gasteiger partial charge on any atom is -0.506 e. The number of phenols is 2. The molecule has 4 atom stereocenters. The summed E-state index contributed by atoms with van der Waals surface area (Å²) in [4.78, 5) is 57.7. The van der Waals surface area contributed by atoms with Gasteiger partial charge in [0.15, 0.2) is 0 Å². The second-order valence-electron chi connectivity index (χ2n) is 12.6. The van der Waals surface area contributed by atoms with Gasteiger partial charge in [-0.3, -0.25) is 19.4 Å². The Morgan fingerprint density at radius 2 is 1.14 bits per heavy atom. The van der Waals surface area contributed by atoms with Crippen LogP contribution in [0.2, 0.25) is 0 Å². The number of nitrogens with one attached hydrogen (secondary N) is 2. The Labute approximate surface area is 298 Å². The van der Waals surface area contributed by atoms with Crippen molar-refractivity contribution in [2.45, 2.75) is 86.6 Å². The van der Waals surface area contributed by atoms with Gasteiger partial charge in [0, 0.05) is 35.7 Å². The highest BCUT2D eigenvalue weighted by atomic mass is 33.1. The van der Waals surface area contributed by atoms with E-state index >= 15 is 0 Å². The Bertz CT molecular complexity index is 1460. The number of phenolic OH excluding ortho intramolecular Hbond substituents is 2. The van der Waals surface area contributed by atoms with Crippen molar-refractivity contribution in [3.63, 3.8) is 0 Å². The fraction of sp³-hybridized carbons (Fsp3) is 0.529. The number of aromatic hydroxyl groups is 2. The van der Waals surface area contributed by atoms with E-state index in [0.717, 1.165) is 24.0 Å². The van der Waals surface area contributed by atoms with Crippen LogP contribution >= 0.6 is 33.3 Å². The number of carbonyl (C=O) groups excluding carboxylic acids is 4. The molecule has 2 aromatic rings. The molecule has 0 spiro atoms. The normalized spacial score (nSPS) is 24.7. The lowest BCUT2D eigenvalue weighted by molar-refractivity contribution is -0.145. The molecule has 2 amide bonds. The quantitative estimate of drug-likeness (QED) is 0.263. The van der Waals surface area contributed by atoms with Crippen molar-refractivity contribution in [3.8, 4) is 11.5 Å². The van der Waals surface area contributed by atoms with Gasteiger partial charge in [0.2, 0.25) is 11.8 Å². The van der Waals surface area contributed by atoms with E-state index in [2.05, 4.69) is 10.6 Å². The van der Waals surface area contributed by atoms with Crippen LogP contribution < -0.4 is 10.6 Å². The third kappa shape index (κ3) is 8.98. The summed E-state index contributed by atoms with van der Waals surface area (Å²) in [7, 11) is 5.09. The smallest absolute Gasteiger partial charge is 0.329 e. The number of carbonyl (C=O) groups is 4. The molecule has 266 valence electrons. The van der Waals surface area contributed by atoms with Crippen LogP contribution in [0.1, 0.15) is 47.9 Å². The Morgan fingerprint density at radius 1 is 0.735 bits per heavy atom. The van der Waals surface area contributed by atoms with Gasteiger partial charge in [0.25, 0.3) is 0 Å². The Kier molecular flexibility index (Phi) is 12.7. The van der Waals surface area contributed by atoms with Crippen LogP contribution in [0.4, 0.5) is 0 Å². The summed E-state index contributed by atoms with van der Waals surface area (Å²) >= 11 is 1.27. The summed E-state index contributed by atoms with van der Waals surface area (Å²) in [6.45, 7) is 5.81. The van der Waals surface area contributed by atoms with E-state index in [0.29, 0.717) is 59.9 Å². The summed E-state index contributed by atoms with van der Waals surface area (Å²) < 4.78 is 9.97. The highest BCUT2D eigenvalue weighted by Crippen LogP contribution is 2.43. The predicted molar refractivity (Wildman–Crippen MR) is 189 cm³/mol. The van der Waals surface area contributed by atoms with Crippen molar-refractivity contribution in [3.05, 3.63) is 46.5 Å². The van der Waals surface area contributed by atoms with Gasteiger partial charge >= 0.3 is 11.9 Å². The Morgan fingerprint density at radius 3 is 1.53 bits per heavy atom. The van der Waals surface area contributed by atoms with Gasteiger partial charge < -0.3 is 30.3 Å². The molecule has 4 N–H and O–H groups in total. The molecule has 0 saturated carbocycles. The molecule has 2 saturated heterocycles. The van der Waals surface area contributed by atoms with Crippen molar-refractivity contribution < 1.29 is 38.9 Å². The van der Waals surface area contributed by atoms with Gasteiger partial charge in [-0.25, -0.2) is 9.59 Å². The number of nitrogens with zero attached hydrogens (tertiary/aromatic N) is 2. The lowest BCUT2D eigenvalue weighted by atomic mass is 10.1. The molecule has 4 bridgehead atoms. The highest BCUT2D eigenvalue weighted by molar-refractivity contribution is 8.76. The molecule has 3 aliphatic heterocycles. The zero-order valence-corrected chi connectivity index (χ0v) is 30.6. The van der Waals surface area contributed by atoms with E-state index in [9.17, 15) is 29.4 Å². The molecule has 0 radical (unpaired) electrons. The molecule has 49 heavy (non-hydrogen) atoms. The monoisotopic (exact) mass is 732 g/mol. The first-order valence-electron chi connectivity index (χ1n) is 16.3. The number of esters is 2. The van der Waals surface area contributed by atoms with Gasteiger partial charge in [-0.15, -0.1) is 0 Å². The summed E-state index contributed by atoms with van der Waals surface area (Å²) in [6, 6.07) is 4.66. The average molecular weight is 733 g/mol. The molecule has 2 unspecified atom stereocenters. The van der Waals surface area contributed by atoms with E-state index in [4.69, 9.17) is 9.47 Å². The first-order valence-corrected chi connectivity index (χ1v) is 19.6. The molecule has 3 aliphatic rings. The van der Waals surface area contributed by atoms with Crippen LogP contribution in [-0.4, -0.2) is 107 Å². The fourth-order valence-electron chi connectivity index (χ4n) is 6.60. The number of ether oxygens (including phenoxy) is 2. The van der Waals surface area contributed by atoms with E-state index < -0.39 is 36.1 Å². The van der Waals surface area contributed by atoms with Crippen molar-refractivity contribution >= 4 is 57.1 Å². The lowest BCUT2D eigenvalue weighted by Gasteiger charge is -2.26. The second-order valence-corrected chi connectivity index (χ2v) is 16.3. The highest BCUT2D eigenvalue weighted by Gasteiger charge is 2.36. The van der Waals surface area contributed by atoms with Crippen LogP contribution in [0.3, 0.4) is 0 Å². The van der Waals surface area contributed by atoms with Gasteiger partial charge in [-0.1, -0.05) is 45.5 Å². The number of fused-ring (bicyclic) bond motifs is 6. The van der Waals surface area contributed by atoms with Gasteiger partial charge in [-0.05, 0) is 75.9 Å². The number of methoxy groups -OCH3 is 2. The van der Waals surface area contributed by atoms with E-state index in [1.807, 2.05) is 47.9 Å². The Hall–Kier alpha value is -3.11. The third-order valence-corrected chi connectivity index (χ3v) is 12.5. The van der Waals surface area contributed by atoms with Crippen molar-refractivity contribution in [1.29, 1.82) is 0 Å². The van der Waals surface area contributed by atoms with Crippen LogP contribution in [-0.2, 0) is 41.7 Å². The van der Waals surface area contributed by atoms with E-state index in [1.165, 1.54) is 47.6 Å². The number of hydrogen-bond donors (Lipinski definition) is 4. The number of benzene rings is 2. The fourth-order valence-corrected chi connectivity index (χ4v) is 10.1. The van der Waals surface area contributed by atoms with Crippen LogP contribution in [0.15, 0.2) is 34.1 Å². The lowest BCUT2D eigenvalue weighted by Crippen LogP contribution is -2.51. The predicted octanol–water partition coefficient (Wildman–Crippen LogP) is 3.51. The number of hydrogen-bond acceptors (Lipinski definition) is 13. The zero-order valence-electron chi connectivity index (χ0n) is 28.2. The van der Waals surface area contributed by atoms with Crippen LogP contribution in [0.5, 0.6) is 11.5 Å². The minimum atomic E-state index is -0.932. The maximum Gasteiger partial charge on any atom is 0.329 e. The minimum absolute atomic E-state index is 0.0832. The van der Waals surface area contributed by atoms with Gasteiger partial charge in [0.05, 0.1) is 36.1 Å². The molecule has 0 aromatic heterocycles. The summed E-state index contributed by atoms with van der Waals surface area (Å²) in [5.74, 6) is -1.27. The third-order valence-electron chi connectivity index (χ3n) is 9.05. The first kappa shape index (κ1) is 37.2. The molecular formula is C34H44N4O8S3. The maximum atomic E-state index is 13.6. The largest absolute Gasteiger partial charge is 0.506 e. The Balaban J connectivity index is 1.49. The van der Waals surface area contributed by atoms with Crippen molar-refractivity contribution in [2.24, 2.45) is 0 Å². The summed E-state index contributed by atoms with van der Waals surface area (Å²) in [6.07, 6.45) is 2.74. The summed E-state index contributed by atoms with van der Waals surface area (Å²) in [5.41, 5.74) is 3.17. The molecule has 12 nitrogen and oxygen atoms in total. The topological polar surface area (TPSA) is 158 Å². The molecule has 5 rings (SSSR count). The molecule has 3 heterocycles. The number of rotatable bonds is 2. The number of aryl methyl sites for hydroxylation is 2. The van der Waals surface area contributed by atoms with Gasteiger partial charge in [-0.2, -0.15) is 0 Å². The van der Waals surface area contributed by atoms with Gasteiger partial charge in [0.1, 0.15) is 23.6 Å². The van der Waals surface area contributed by atoms with E-state index in [1.54, 1.807) is 0 Å². The molecular weight excluding hydrogens is 689 g/mol. The molecule has 15 heteroatoms. The van der Waals surface area contributed by atoms with Crippen molar-refractivity contribution in [1.82, 2.24) is 20.4 Å². The molecule has 2 aromatic carbocycles. The van der Waals surface area contributed by atoms with Crippen LogP contribution in [0, 0.1) is 13.8 Å². The number of amides is 2. The zero-order chi connectivity index (χ0) is 35.2. The van der Waals surface area contributed by atoms with E-state index in [-0.39, 0.29) is 34.8 Å². The molecule has 2 fully saturated rings. The molecule has 0 aliphatic carbocycles. The van der Waals surface area contributed by atoms with Crippen molar-refractivity contribution in [2.75, 3.05) is 38.8 Å². The second kappa shape index (κ2) is 16.7. The SMILES string of the molecule is COC(=O)C1CSSCC(C(=O)OC)NC(=O)[C@@H]2CCCN2Cc2cc(C)cc(c2O)Sc2cc(C)cc(c2O)CN2CCC[C@@H]2C(=O)N1. The standard InChI is InChI=1S/C34H44N4O8S3/c1-19-11-21-15-37-9-5-7-25(37)31(41)35-23(33(43)45-3)17-47-48-18-24(34(44)46-4)36-32(42)26-8-6-10-38(26)16-22-12-20(2)14-28(30(22)40)49-27(13-19)29(21)39/h11-14,23-26,39-40H,5-10,15-18H2,1-4H3,(H,35,41)(H,36,42)/t23?,24?,25-,26+. The first-order chi connectivity index (χ1) is 23.5. The summed E-state index contributed by atoms with van der Waals surface area (Å²) in [5, 5.41) is 28.7. The average Bonchev–Trinajstić information content (AvgIpc) is 3.74. The maximum absolute atomic E-state index is 13.6. The van der Waals surface area contributed by atoms with Crippen LogP contribution in [0.25, 0.3) is 0 Å².